The molecule has 2 fully saturated rings. The zero-order valence-corrected chi connectivity index (χ0v) is 12.0. The monoisotopic (exact) mass is 291 g/mol. The number of ether oxygens (including phenoxy) is 1. The molecule has 2 aliphatic rings. The van der Waals surface area contributed by atoms with Crippen LogP contribution in [0.3, 0.4) is 0 Å². The van der Waals surface area contributed by atoms with E-state index >= 15 is 0 Å². The molecule has 0 bridgehead atoms. The fourth-order valence-electron chi connectivity index (χ4n) is 3.09. The van der Waals surface area contributed by atoms with E-state index in [-0.39, 0.29) is 23.6 Å². The van der Waals surface area contributed by atoms with Crippen LogP contribution in [-0.4, -0.2) is 54.2 Å². The highest BCUT2D eigenvalue weighted by molar-refractivity contribution is 5.94. The van der Waals surface area contributed by atoms with E-state index in [9.17, 15) is 9.59 Å². The van der Waals surface area contributed by atoms with Gasteiger partial charge in [-0.3, -0.25) is 14.5 Å². The third-order valence-corrected chi connectivity index (χ3v) is 4.27. The van der Waals surface area contributed by atoms with Crippen molar-refractivity contribution < 1.29 is 9.53 Å². The Morgan fingerprint density at radius 1 is 1.24 bits per heavy atom. The first-order valence-corrected chi connectivity index (χ1v) is 7.55. The molecule has 0 saturated carbocycles. The minimum Gasteiger partial charge on any atom is -0.378 e. The van der Waals surface area contributed by atoms with E-state index in [0.29, 0.717) is 18.8 Å². The van der Waals surface area contributed by atoms with Crippen molar-refractivity contribution >= 4 is 5.91 Å². The third kappa shape index (κ3) is 3.33. The fourth-order valence-corrected chi connectivity index (χ4v) is 3.09. The van der Waals surface area contributed by atoms with Crippen LogP contribution in [0.1, 0.15) is 29.6 Å². The lowest BCUT2D eigenvalue weighted by atomic mass is 10.0. The summed E-state index contributed by atoms with van der Waals surface area (Å²) in [6.45, 7) is 3.39. The second-order valence-electron chi connectivity index (χ2n) is 5.72. The van der Waals surface area contributed by atoms with Gasteiger partial charge in [-0.25, -0.2) is 0 Å². The van der Waals surface area contributed by atoms with Crippen LogP contribution in [0, 0.1) is 0 Å². The number of H-pyrrole nitrogens is 1. The largest absolute Gasteiger partial charge is 0.378 e. The Kier molecular flexibility index (Phi) is 4.36. The zero-order valence-electron chi connectivity index (χ0n) is 12.0. The van der Waals surface area contributed by atoms with Crippen LogP contribution in [0.5, 0.6) is 0 Å². The van der Waals surface area contributed by atoms with Crippen molar-refractivity contribution in [3.8, 4) is 0 Å². The van der Waals surface area contributed by atoms with Crippen molar-refractivity contribution in [1.82, 2.24) is 15.2 Å². The van der Waals surface area contributed by atoms with Crippen molar-refractivity contribution in [1.29, 1.82) is 0 Å². The molecule has 2 saturated heterocycles. The van der Waals surface area contributed by atoms with Gasteiger partial charge < -0.3 is 15.0 Å². The van der Waals surface area contributed by atoms with E-state index in [4.69, 9.17) is 4.74 Å². The summed E-state index contributed by atoms with van der Waals surface area (Å²) < 4.78 is 5.56. The Labute approximate surface area is 123 Å². The predicted octanol–water partition coefficient (Wildman–Crippen LogP) is 0.358. The minimum absolute atomic E-state index is 0.0162. The number of piperidine rings is 1. The maximum absolute atomic E-state index is 12.2. The summed E-state index contributed by atoms with van der Waals surface area (Å²) >= 11 is 0. The number of pyridine rings is 1. The Morgan fingerprint density at radius 3 is 2.76 bits per heavy atom. The fraction of sp³-hybridized carbons (Fsp3) is 0.600. The predicted molar refractivity (Wildman–Crippen MR) is 78.3 cm³/mol. The van der Waals surface area contributed by atoms with Gasteiger partial charge in [0.05, 0.1) is 30.9 Å². The summed E-state index contributed by atoms with van der Waals surface area (Å²) in [5, 5.41) is 3.03. The second-order valence-corrected chi connectivity index (χ2v) is 5.72. The smallest absolute Gasteiger partial charge is 0.253 e. The quantitative estimate of drug-likeness (QED) is 0.843. The van der Waals surface area contributed by atoms with Crippen LogP contribution in [0.15, 0.2) is 23.1 Å². The zero-order chi connectivity index (χ0) is 14.7. The molecule has 114 valence electrons. The molecule has 0 radical (unpaired) electrons. The molecule has 0 aromatic carbocycles. The topological polar surface area (TPSA) is 74.4 Å². The SMILES string of the molecule is O=C(N[C@@H]1COC[C@H]1N1CCCCC1)c1ccc(=O)[nH]c1. The molecule has 1 amide bonds. The summed E-state index contributed by atoms with van der Waals surface area (Å²) in [6, 6.07) is 3.18. The van der Waals surface area contributed by atoms with E-state index in [1.54, 1.807) is 6.07 Å². The Hall–Kier alpha value is -1.66. The number of carbonyl (C=O) groups is 1. The first kappa shape index (κ1) is 14.3. The average molecular weight is 291 g/mol. The van der Waals surface area contributed by atoms with Crippen molar-refractivity contribution in [3.63, 3.8) is 0 Å². The third-order valence-electron chi connectivity index (χ3n) is 4.27. The molecule has 2 aliphatic heterocycles. The van der Waals surface area contributed by atoms with Gasteiger partial charge in [0.25, 0.3) is 5.91 Å². The van der Waals surface area contributed by atoms with Crippen LogP contribution < -0.4 is 10.9 Å². The van der Waals surface area contributed by atoms with Gasteiger partial charge in [-0.05, 0) is 32.0 Å². The van der Waals surface area contributed by atoms with E-state index in [1.807, 2.05) is 0 Å². The molecule has 1 aromatic heterocycles. The molecule has 3 rings (SSSR count). The maximum atomic E-state index is 12.2. The number of rotatable bonds is 3. The Morgan fingerprint density at radius 2 is 2.05 bits per heavy atom. The molecule has 6 heteroatoms. The molecule has 0 unspecified atom stereocenters. The lowest BCUT2D eigenvalue weighted by Gasteiger charge is -2.34. The summed E-state index contributed by atoms with van der Waals surface area (Å²) in [7, 11) is 0. The van der Waals surface area contributed by atoms with Crippen molar-refractivity contribution in [2.75, 3.05) is 26.3 Å². The molecular formula is C15H21N3O3. The van der Waals surface area contributed by atoms with Crippen LogP contribution in [0.25, 0.3) is 0 Å². The van der Waals surface area contributed by atoms with Gasteiger partial charge in [0.1, 0.15) is 0 Å². The molecule has 3 heterocycles. The van der Waals surface area contributed by atoms with Gasteiger partial charge in [0, 0.05) is 12.3 Å². The highest BCUT2D eigenvalue weighted by Gasteiger charge is 2.34. The van der Waals surface area contributed by atoms with E-state index < -0.39 is 0 Å². The van der Waals surface area contributed by atoms with Crippen LogP contribution in [0.2, 0.25) is 0 Å². The first-order chi connectivity index (χ1) is 10.2. The Bertz CT molecular complexity index is 531. The van der Waals surface area contributed by atoms with Gasteiger partial charge >= 0.3 is 0 Å². The Balaban J connectivity index is 1.64. The highest BCUT2D eigenvalue weighted by atomic mass is 16.5. The van der Waals surface area contributed by atoms with E-state index in [2.05, 4.69) is 15.2 Å². The van der Waals surface area contributed by atoms with Crippen LogP contribution >= 0.6 is 0 Å². The van der Waals surface area contributed by atoms with Crippen LogP contribution in [-0.2, 0) is 4.74 Å². The minimum atomic E-state index is -0.207. The molecule has 2 atom stereocenters. The standard InChI is InChI=1S/C15H21N3O3/c19-14-5-4-11(8-16-14)15(20)17-12-9-21-10-13(12)18-6-2-1-3-7-18/h4-5,8,12-13H,1-3,6-7,9-10H2,(H,16,19)(H,17,20)/t12-,13-/m1/s1. The summed E-state index contributed by atoms with van der Waals surface area (Å²) in [6.07, 6.45) is 5.18. The van der Waals surface area contributed by atoms with Crippen molar-refractivity contribution in [3.05, 3.63) is 34.2 Å². The van der Waals surface area contributed by atoms with Crippen molar-refractivity contribution in [2.24, 2.45) is 0 Å². The lowest BCUT2D eigenvalue weighted by molar-refractivity contribution is 0.0899. The van der Waals surface area contributed by atoms with Gasteiger partial charge in [-0.2, -0.15) is 0 Å². The van der Waals surface area contributed by atoms with Gasteiger partial charge in [-0.15, -0.1) is 0 Å². The number of aromatic amines is 1. The van der Waals surface area contributed by atoms with Gasteiger partial charge in [0.15, 0.2) is 0 Å². The molecule has 2 N–H and O–H groups in total. The number of amides is 1. The molecule has 0 spiro atoms. The average Bonchev–Trinajstić information content (AvgIpc) is 2.97. The van der Waals surface area contributed by atoms with Crippen molar-refractivity contribution in [2.45, 2.75) is 31.3 Å². The number of nitrogens with zero attached hydrogens (tertiary/aromatic N) is 1. The molecule has 6 nitrogen and oxygen atoms in total. The molecule has 21 heavy (non-hydrogen) atoms. The number of likely N-dealkylation sites (tertiary alicyclic amines) is 1. The number of nitrogens with one attached hydrogen (secondary N) is 2. The number of hydrogen-bond donors (Lipinski definition) is 2. The first-order valence-electron chi connectivity index (χ1n) is 7.55. The number of hydrogen-bond acceptors (Lipinski definition) is 4. The maximum Gasteiger partial charge on any atom is 0.253 e. The molecule has 0 aliphatic carbocycles. The normalized spacial score (nSPS) is 26.7. The van der Waals surface area contributed by atoms with E-state index in [1.165, 1.54) is 31.5 Å². The lowest BCUT2D eigenvalue weighted by Crippen LogP contribution is -2.52. The van der Waals surface area contributed by atoms with E-state index in [0.717, 1.165) is 13.1 Å². The number of carbonyl (C=O) groups excluding carboxylic acids is 1. The number of aromatic nitrogens is 1. The molecular weight excluding hydrogens is 270 g/mol. The van der Waals surface area contributed by atoms with Gasteiger partial charge in [-0.1, -0.05) is 6.42 Å². The molecule has 1 aromatic rings. The summed E-state index contributed by atoms with van der Waals surface area (Å²) in [5.74, 6) is -0.163. The summed E-state index contributed by atoms with van der Waals surface area (Å²) in [5.41, 5.74) is 0.265. The van der Waals surface area contributed by atoms with Gasteiger partial charge in [0.2, 0.25) is 5.56 Å². The highest BCUT2D eigenvalue weighted by Crippen LogP contribution is 2.19. The van der Waals surface area contributed by atoms with Crippen LogP contribution in [0.4, 0.5) is 0 Å². The summed E-state index contributed by atoms with van der Waals surface area (Å²) in [4.78, 5) is 28.2. The second kappa shape index (κ2) is 6.41.